The van der Waals surface area contributed by atoms with Crippen molar-refractivity contribution in [2.45, 2.75) is 19.9 Å². The second-order valence-electron chi connectivity index (χ2n) is 3.36. The van der Waals surface area contributed by atoms with E-state index < -0.39 is 0 Å². The lowest BCUT2D eigenvalue weighted by Crippen LogP contribution is -2.12. The minimum atomic E-state index is 0.405. The first-order chi connectivity index (χ1) is 6.50. The predicted molar refractivity (Wildman–Crippen MR) is 68.8 cm³/mol. The van der Waals surface area contributed by atoms with Gasteiger partial charge in [-0.1, -0.05) is 12.2 Å². The Morgan fingerprint density at radius 2 is 2.14 bits per heavy atom. The molecule has 0 aliphatic carbocycles. The third-order valence-electron chi connectivity index (χ3n) is 1.70. The van der Waals surface area contributed by atoms with Crippen molar-refractivity contribution in [3.8, 4) is 0 Å². The molecule has 0 heterocycles. The summed E-state index contributed by atoms with van der Waals surface area (Å²) < 4.78 is 0.983. The minimum absolute atomic E-state index is 0.405. The number of anilines is 1. The molecule has 0 aliphatic heterocycles. The van der Waals surface area contributed by atoms with Gasteiger partial charge in [-0.3, -0.25) is 0 Å². The van der Waals surface area contributed by atoms with Crippen LogP contribution >= 0.6 is 28.1 Å². The molecular weight excluding hydrogens is 260 g/mol. The second kappa shape index (κ2) is 4.75. The molecule has 1 aromatic carbocycles. The van der Waals surface area contributed by atoms with Crippen molar-refractivity contribution in [3.63, 3.8) is 0 Å². The van der Waals surface area contributed by atoms with Crippen LogP contribution in [0.2, 0.25) is 0 Å². The Labute approximate surface area is 98.0 Å². The van der Waals surface area contributed by atoms with E-state index in [1.807, 2.05) is 18.2 Å². The van der Waals surface area contributed by atoms with Crippen LogP contribution in [0.1, 0.15) is 19.4 Å². The Hall–Kier alpha value is -0.610. The zero-order chi connectivity index (χ0) is 10.7. The van der Waals surface area contributed by atoms with Crippen molar-refractivity contribution >= 4 is 38.8 Å². The molecule has 0 atom stereocenters. The van der Waals surface area contributed by atoms with E-state index in [9.17, 15) is 0 Å². The first-order valence-corrected chi connectivity index (χ1v) is 5.56. The molecule has 4 heteroatoms. The van der Waals surface area contributed by atoms with Gasteiger partial charge in [-0.25, -0.2) is 0 Å². The van der Waals surface area contributed by atoms with Crippen LogP contribution in [0.3, 0.4) is 0 Å². The van der Waals surface area contributed by atoms with Crippen molar-refractivity contribution < 1.29 is 0 Å². The minimum Gasteiger partial charge on any atom is -0.389 e. The van der Waals surface area contributed by atoms with Crippen LogP contribution in [-0.4, -0.2) is 11.0 Å². The summed E-state index contributed by atoms with van der Waals surface area (Å²) in [7, 11) is 0. The Balaban J connectivity index is 2.95. The fraction of sp³-hybridized carbons (Fsp3) is 0.300. The van der Waals surface area contributed by atoms with Gasteiger partial charge < -0.3 is 11.1 Å². The number of thiocarbonyl (C=S) groups is 1. The lowest BCUT2D eigenvalue weighted by Gasteiger charge is -2.12. The molecule has 0 spiro atoms. The fourth-order valence-electron chi connectivity index (χ4n) is 1.10. The molecule has 1 aromatic rings. The van der Waals surface area contributed by atoms with Gasteiger partial charge in [0.25, 0.3) is 0 Å². The number of halogens is 1. The lowest BCUT2D eigenvalue weighted by molar-refractivity contribution is 0.898. The zero-order valence-corrected chi connectivity index (χ0v) is 10.6. The quantitative estimate of drug-likeness (QED) is 0.832. The van der Waals surface area contributed by atoms with Crippen molar-refractivity contribution in [2.75, 3.05) is 5.32 Å². The summed E-state index contributed by atoms with van der Waals surface area (Å²) in [5, 5.41) is 3.31. The molecule has 0 amide bonds. The Bertz CT molecular complexity index is 350. The van der Waals surface area contributed by atoms with Crippen LogP contribution in [0.25, 0.3) is 0 Å². The average molecular weight is 273 g/mol. The number of hydrogen-bond donors (Lipinski definition) is 2. The van der Waals surface area contributed by atoms with Gasteiger partial charge in [-0.15, -0.1) is 0 Å². The number of benzene rings is 1. The van der Waals surface area contributed by atoms with Gasteiger partial charge >= 0.3 is 0 Å². The molecule has 0 saturated carbocycles. The highest BCUT2D eigenvalue weighted by Crippen LogP contribution is 2.24. The van der Waals surface area contributed by atoms with Crippen molar-refractivity contribution in [3.05, 3.63) is 28.2 Å². The number of rotatable bonds is 3. The van der Waals surface area contributed by atoms with Crippen LogP contribution in [0, 0.1) is 0 Å². The van der Waals surface area contributed by atoms with E-state index in [1.165, 1.54) is 0 Å². The van der Waals surface area contributed by atoms with E-state index in [1.54, 1.807) is 0 Å². The monoisotopic (exact) mass is 272 g/mol. The molecule has 0 aromatic heterocycles. The van der Waals surface area contributed by atoms with Crippen molar-refractivity contribution in [2.24, 2.45) is 5.73 Å². The first-order valence-electron chi connectivity index (χ1n) is 4.36. The van der Waals surface area contributed by atoms with Crippen LogP contribution in [-0.2, 0) is 0 Å². The van der Waals surface area contributed by atoms with Crippen molar-refractivity contribution in [1.82, 2.24) is 0 Å². The van der Waals surface area contributed by atoms with Gasteiger partial charge in [0, 0.05) is 21.8 Å². The highest BCUT2D eigenvalue weighted by Gasteiger charge is 2.03. The molecule has 0 saturated heterocycles. The molecule has 0 radical (unpaired) electrons. The predicted octanol–water partition coefficient (Wildman–Crippen LogP) is 2.90. The topological polar surface area (TPSA) is 38.0 Å². The normalized spacial score (nSPS) is 10.3. The third kappa shape index (κ3) is 2.96. The molecule has 76 valence electrons. The van der Waals surface area contributed by atoms with Crippen LogP contribution in [0.5, 0.6) is 0 Å². The number of nitrogens with two attached hydrogens (primary N) is 1. The summed E-state index contributed by atoms with van der Waals surface area (Å²) in [6, 6.07) is 6.21. The van der Waals surface area contributed by atoms with Gasteiger partial charge in [0.15, 0.2) is 0 Å². The first kappa shape index (κ1) is 11.5. The van der Waals surface area contributed by atoms with E-state index >= 15 is 0 Å². The van der Waals surface area contributed by atoms with Crippen LogP contribution in [0.4, 0.5) is 5.69 Å². The summed E-state index contributed by atoms with van der Waals surface area (Å²) in [5.41, 5.74) is 7.46. The Morgan fingerprint density at radius 3 is 2.57 bits per heavy atom. The van der Waals surface area contributed by atoms with E-state index in [0.717, 1.165) is 15.7 Å². The van der Waals surface area contributed by atoms with Gasteiger partial charge in [-0.05, 0) is 48.0 Å². The molecule has 3 N–H and O–H groups in total. The van der Waals surface area contributed by atoms with Crippen LogP contribution in [0.15, 0.2) is 22.7 Å². The van der Waals surface area contributed by atoms with E-state index in [4.69, 9.17) is 18.0 Å². The average Bonchev–Trinajstić information content (AvgIpc) is 2.07. The summed E-state index contributed by atoms with van der Waals surface area (Å²) in [4.78, 5) is 0.418. The Morgan fingerprint density at radius 1 is 1.50 bits per heavy atom. The SMILES string of the molecule is CC(C)Nc1ccc(C(N)=S)cc1Br. The molecule has 0 fully saturated rings. The maximum Gasteiger partial charge on any atom is 0.104 e. The highest BCUT2D eigenvalue weighted by atomic mass is 79.9. The molecule has 0 aliphatic rings. The molecule has 2 nitrogen and oxygen atoms in total. The number of hydrogen-bond acceptors (Lipinski definition) is 2. The van der Waals surface area contributed by atoms with Crippen molar-refractivity contribution in [1.29, 1.82) is 0 Å². The standard InChI is InChI=1S/C10H13BrN2S/c1-6(2)13-9-4-3-7(10(12)14)5-8(9)11/h3-6,13H,1-2H3,(H2,12,14). The number of nitrogens with one attached hydrogen (secondary N) is 1. The van der Waals surface area contributed by atoms with Gasteiger partial charge in [0.2, 0.25) is 0 Å². The molecular formula is C10H13BrN2S. The Kier molecular flexibility index (Phi) is 3.89. The summed E-state index contributed by atoms with van der Waals surface area (Å²) in [5.74, 6) is 0. The second-order valence-corrected chi connectivity index (χ2v) is 4.65. The van der Waals surface area contributed by atoms with Gasteiger partial charge in [0.05, 0.1) is 0 Å². The largest absolute Gasteiger partial charge is 0.389 e. The summed E-state index contributed by atoms with van der Waals surface area (Å²) in [6.45, 7) is 4.18. The zero-order valence-electron chi connectivity index (χ0n) is 8.17. The molecule has 0 bridgehead atoms. The van der Waals surface area contributed by atoms with Gasteiger partial charge in [0.1, 0.15) is 4.99 Å². The lowest BCUT2D eigenvalue weighted by atomic mass is 10.2. The van der Waals surface area contributed by atoms with Gasteiger partial charge in [-0.2, -0.15) is 0 Å². The third-order valence-corrected chi connectivity index (χ3v) is 2.59. The van der Waals surface area contributed by atoms with E-state index in [0.29, 0.717) is 11.0 Å². The van der Waals surface area contributed by atoms with E-state index in [-0.39, 0.29) is 0 Å². The fourth-order valence-corrected chi connectivity index (χ4v) is 1.72. The molecule has 1 rings (SSSR count). The molecule has 14 heavy (non-hydrogen) atoms. The summed E-state index contributed by atoms with van der Waals surface area (Å²) in [6.07, 6.45) is 0. The molecule has 0 unspecified atom stereocenters. The van der Waals surface area contributed by atoms with Crippen LogP contribution < -0.4 is 11.1 Å². The smallest absolute Gasteiger partial charge is 0.104 e. The maximum atomic E-state index is 5.52. The van der Waals surface area contributed by atoms with E-state index in [2.05, 4.69) is 35.1 Å². The highest BCUT2D eigenvalue weighted by molar-refractivity contribution is 9.10. The summed E-state index contributed by atoms with van der Waals surface area (Å²) >= 11 is 8.36. The maximum absolute atomic E-state index is 5.52.